The number of hydrogen-bond donors (Lipinski definition) is 1. The van der Waals surface area contributed by atoms with Crippen molar-refractivity contribution >= 4 is 18.3 Å². The molecular weight excluding hydrogens is 316 g/mol. The highest BCUT2D eigenvalue weighted by Gasteiger charge is 2.29. The van der Waals surface area contributed by atoms with Crippen LogP contribution in [0.2, 0.25) is 0 Å². The zero-order valence-corrected chi connectivity index (χ0v) is 14.4. The van der Waals surface area contributed by atoms with Crippen molar-refractivity contribution in [1.29, 1.82) is 0 Å². The molecule has 0 aliphatic carbocycles. The molecule has 1 aromatic carbocycles. The Morgan fingerprint density at radius 3 is 2.74 bits per heavy atom. The fourth-order valence-corrected chi connectivity index (χ4v) is 3.21. The lowest BCUT2D eigenvalue weighted by atomic mass is 10.0. The first kappa shape index (κ1) is 17.9. The minimum atomic E-state index is 0. The third-order valence-corrected chi connectivity index (χ3v) is 4.27. The molecule has 0 bridgehead atoms. The topological polar surface area (TPSA) is 50.8 Å². The summed E-state index contributed by atoms with van der Waals surface area (Å²) in [5.41, 5.74) is 0.629. The molecule has 2 aliphatic heterocycles. The predicted molar refractivity (Wildman–Crippen MR) is 91.9 cm³/mol. The number of fused-ring (bicyclic) bond motifs is 1. The molecule has 0 atom stereocenters. The van der Waals surface area contributed by atoms with Gasteiger partial charge in [0.05, 0.1) is 5.56 Å². The van der Waals surface area contributed by atoms with E-state index in [0.29, 0.717) is 36.3 Å². The quantitative estimate of drug-likeness (QED) is 0.915. The number of ether oxygens (including phenoxy) is 2. The van der Waals surface area contributed by atoms with Crippen molar-refractivity contribution in [3.05, 3.63) is 23.8 Å². The summed E-state index contributed by atoms with van der Waals surface area (Å²) in [5, 5.41) is 3.36. The smallest absolute Gasteiger partial charge is 0.258 e. The number of nitrogens with one attached hydrogen (secondary N) is 1. The third-order valence-electron chi connectivity index (χ3n) is 4.27. The van der Waals surface area contributed by atoms with E-state index in [0.717, 1.165) is 38.9 Å². The number of piperidine rings is 1. The molecule has 1 aromatic rings. The van der Waals surface area contributed by atoms with E-state index in [2.05, 4.69) is 12.2 Å². The van der Waals surface area contributed by atoms with Gasteiger partial charge in [0.1, 0.15) is 13.2 Å². The molecule has 0 aromatic heterocycles. The van der Waals surface area contributed by atoms with E-state index < -0.39 is 0 Å². The minimum Gasteiger partial charge on any atom is -0.486 e. The molecule has 1 fully saturated rings. The Morgan fingerprint density at radius 2 is 2.00 bits per heavy atom. The van der Waals surface area contributed by atoms with Crippen molar-refractivity contribution in [2.24, 2.45) is 0 Å². The summed E-state index contributed by atoms with van der Waals surface area (Å²) in [6.45, 7) is 5.89. The first-order chi connectivity index (χ1) is 10.8. The number of carbonyl (C=O) groups is 1. The monoisotopic (exact) mass is 340 g/mol. The van der Waals surface area contributed by atoms with E-state index >= 15 is 0 Å². The van der Waals surface area contributed by atoms with Crippen LogP contribution in [0.15, 0.2) is 18.2 Å². The molecule has 0 saturated carbocycles. The van der Waals surface area contributed by atoms with Crippen molar-refractivity contribution in [2.75, 3.05) is 32.8 Å². The largest absolute Gasteiger partial charge is 0.486 e. The van der Waals surface area contributed by atoms with Gasteiger partial charge in [0.15, 0.2) is 11.5 Å². The minimum absolute atomic E-state index is 0. The lowest BCUT2D eigenvalue weighted by Gasteiger charge is -2.35. The molecule has 0 radical (unpaired) electrons. The molecule has 6 heteroatoms. The average Bonchev–Trinajstić information content (AvgIpc) is 2.59. The number of para-hydroxylation sites is 1. The standard InChI is InChI=1S/C17H24N2O3.ClH/c1-2-10-19(13-6-8-18-9-7-13)17(20)14-4-3-5-15-16(14)22-12-11-21-15;/h3-5,13,18H,2,6-12H2,1H3;1H. The van der Waals surface area contributed by atoms with E-state index in [4.69, 9.17) is 9.47 Å². The summed E-state index contributed by atoms with van der Waals surface area (Å²) < 4.78 is 11.3. The Labute approximate surface area is 143 Å². The highest BCUT2D eigenvalue weighted by Crippen LogP contribution is 2.34. The van der Waals surface area contributed by atoms with Gasteiger partial charge >= 0.3 is 0 Å². The summed E-state index contributed by atoms with van der Waals surface area (Å²) in [7, 11) is 0. The summed E-state index contributed by atoms with van der Waals surface area (Å²) >= 11 is 0. The van der Waals surface area contributed by atoms with Gasteiger partial charge in [-0.15, -0.1) is 12.4 Å². The van der Waals surface area contributed by atoms with Gasteiger partial charge in [-0.2, -0.15) is 0 Å². The van der Waals surface area contributed by atoms with Crippen molar-refractivity contribution in [2.45, 2.75) is 32.2 Å². The number of carbonyl (C=O) groups excluding carboxylic acids is 1. The summed E-state index contributed by atoms with van der Waals surface area (Å²) in [6.07, 6.45) is 2.98. The molecule has 1 saturated heterocycles. The van der Waals surface area contributed by atoms with Gasteiger partial charge in [-0.3, -0.25) is 4.79 Å². The van der Waals surface area contributed by atoms with Gasteiger partial charge in [0.2, 0.25) is 0 Å². The number of amides is 1. The van der Waals surface area contributed by atoms with Crippen LogP contribution in [-0.4, -0.2) is 49.7 Å². The second-order valence-corrected chi connectivity index (χ2v) is 5.81. The maximum absolute atomic E-state index is 13.1. The molecule has 2 heterocycles. The van der Waals surface area contributed by atoms with E-state index in [9.17, 15) is 4.79 Å². The average molecular weight is 341 g/mol. The number of benzene rings is 1. The Bertz CT molecular complexity index is 533. The van der Waals surface area contributed by atoms with Crippen molar-refractivity contribution in [3.8, 4) is 11.5 Å². The van der Waals surface area contributed by atoms with Gasteiger partial charge in [-0.25, -0.2) is 0 Å². The Balaban J connectivity index is 0.00000192. The van der Waals surface area contributed by atoms with Crippen LogP contribution in [-0.2, 0) is 0 Å². The first-order valence-corrected chi connectivity index (χ1v) is 8.21. The van der Waals surface area contributed by atoms with Gasteiger partial charge < -0.3 is 19.7 Å². The van der Waals surface area contributed by atoms with Gasteiger partial charge in [-0.05, 0) is 44.5 Å². The fraction of sp³-hybridized carbons (Fsp3) is 0.588. The molecule has 128 valence electrons. The number of halogens is 1. The second-order valence-electron chi connectivity index (χ2n) is 5.81. The Morgan fingerprint density at radius 1 is 1.26 bits per heavy atom. The molecule has 0 unspecified atom stereocenters. The summed E-state index contributed by atoms with van der Waals surface area (Å²) in [4.78, 5) is 15.1. The van der Waals surface area contributed by atoms with Gasteiger partial charge in [0.25, 0.3) is 5.91 Å². The molecule has 2 aliphatic rings. The van der Waals surface area contributed by atoms with Crippen molar-refractivity contribution < 1.29 is 14.3 Å². The number of rotatable bonds is 4. The van der Waals surface area contributed by atoms with E-state index in [1.165, 1.54) is 0 Å². The molecule has 1 N–H and O–H groups in total. The Hall–Kier alpha value is -1.46. The zero-order valence-electron chi connectivity index (χ0n) is 13.5. The van der Waals surface area contributed by atoms with Crippen LogP contribution in [0.4, 0.5) is 0 Å². The van der Waals surface area contributed by atoms with Gasteiger partial charge in [0, 0.05) is 12.6 Å². The van der Waals surface area contributed by atoms with Crippen LogP contribution in [0.25, 0.3) is 0 Å². The summed E-state index contributed by atoms with van der Waals surface area (Å²) in [6, 6.07) is 5.89. The number of nitrogens with zero attached hydrogens (tertiary/aromatic N) is 1. The Kier molecular flexibility index (Phi) is 6.54. The first-order valence-electron chi connectivity index (χ1n) is 8.21. The predicted octanol–water partition coefficient (Wildman–Crippen LogP) is 2.48. The van der Waals surface area contributed by atoms with E-state index in [-0.39, 0.29) is 18.3 Å². The van der Waals surface area contributed by atoms with Crippen LogP contribution in [0.5, 0.6) is 11.5 Å². The fourth-order valence-electron chi connectivity index (χ4n) is 3.21. The SMILES string of the molecule is CCCN(C(=O)c1cccc2c1OCCO2)C1CCNCC1.Cl. The van der Waals surface area contributed by atoms with Crippen LogP contribution in [0, 0.1) is 0 Å². The van der Waals surface area contributed by atoms with Crippen molar-refractivity contribution in [1.82, 2.24) is 10.2 Å². The van der Waals surface area contributed by atoms with E-state index in [1.54, 1.807) is 0 Å². The van der Waals surface area contributed by atoms with Crippen molar-refractivity contribution in [3.63, 3.8) is 0 Å². The lowest BCUT2D eigenvalue weighted by molar-refractivity contribution is 0.0633. The highest BCUT2D eigenvalue weighted by atomic mass is 35.5. The number of hydrogen-bond acceptors (Lipinski definition) is 4. The zero-order chi connectivity index (χ0) is 15.4. The van der Waals surface area contributed by atoms with Crippen LogP contribution < -0.4 is 14.8 Å². The van der Waals surface area contributed by atoms with Crippen LogP contribution in [0.3, 0.4) is 0 Å². The maximum atomic E-state index is 13.1. The molecule has 0 spiro atoms. The molecule has 1 amide bonds. The normalized spacial score (nSPS) is 17.3. The van der Waals surface area contributed by atoms with E-state index in [1.807, 2.05) is 23.1 Å². The van der Waals surface area contributed by atoms with Crippen LogP contribution >= 0.6 is 12.4 Å². The van der Waals surface area contributed by atoms with Crippen LogP contribution in [0.1, 0.15) is 36.5 Å². The molecule has 23 heavy (non-hydrogen) atoms. The lowest BCUT2D eigenvalue weighted by Crippen LogP contribution is -2.46. The highest BCUT2D eigenvalue weighted by molar-refractivity contribution is 5.98. The molecule has 3 rings (SSSR count). The molecule has 5 nitrogen and oxygen atoms in total. The van der Waals surface area contributed by atoms with Gasteiger partial charge in [-0.1, -0.05) is 13.0 Å². The molecular formula is C17H25ClN2O3. The summed E-state index contributed by atoms with van der Waals surface area (Å²) in [5.74, 6) is 1.35. The third kappa shape index (κ3) is 3.90. The maximum Gasteiger partial charge on any atom is 0.258 e. The second kappa shape index (κ2) is 8.41.